The van der Waals surface area contributed by atoms with Crippen molar-refractivity contribution in [3.05, 3.63) is 52.7 Å². The molecule has 0 radical (unpaired) electrons. The molecule has 19 heavy (non-hydrogen) atoms. The van der Waals surface area contributed by atoms with Crippen LogP contribution >= 0.6 is 23.7 Å². The Balaban J connectivity index is 0.00000180. The minimum atomic E-state index is 0. The van der Waals surface area contributed by atoms with Crippen LogP contribution in [-0.4, -0.2) is 13.2 Å². The maximum Gasteiger partial charge on any atom is 0.119 e. The lowest BCUT2D eigenvalue weighted by Crippen LogP contribution is -2.14. The van der Waals surface area contributed by atoms with E-state index in [0.29, 0.717) is 0 Å². The van der Waals surface area contributed by atoms with Gasteiger partial charge in [-0.3, -0.25) is 0 Å². The van der Waals surface area contributed by atoms with Gasteiger partial charge in [-0.2, -0.15) is 0 Å². The first kappa shape index (κ1) is 16.0. The van der Waals surface area contributed by atoms with Gasteiger partial charge in [-0.25, -0.2) is 0 Å². The number of nitrogens with one attached hydrogen (secondary N) is 1. The highest BCUT2D eigenvalue weighted by Gasteiger charge is 1.94. The van der Waals surface area contributed by atoms with Gasteiger partial charge in [0.25, 0.3) is 0 Å². The van der Waals surface area contributed by atoms with Crippen LogP contribution in [0.15, 0.2) is 47.8 Å². The molecule has 0 aliphatic carbocycles. The van der Waals surface area contributed by atoms with E-state index in [4.69, 9.17) is 4.74 Å². The average molecular weight is 298 g/mol. The molecule has 1 N–H and O–H groups in total. The highest BCUT2D eigenvalue weighted by molar-refractivity contribution is 7.09. The molecule has 0 saturated heterocycles. The number of para-hydroxylation sites is 1. The second-order valence-electron chi connectivity index (χ2n) is 4.12. The quantitative estimate of drug-likeness (QED) is 0.740. The Hall–Kier alpha value is -1.03. The molecule has 0 unspecified atom stereocenters. The van der Waals surface area contributed by atoms with Gasteiger partial charge >= 0.3 is 0 Å². The van der Waals surface area contributed by atoms with Crippen LogP contribution < -0.4 is 10.1 Å². The van der Waals surface area contributed by atoms with E-state index in [0.717, 1.165) is 38.3 Å². The number of ether oxygens (including phenoxy) is 1. The minimum absolute atomic E-state index is 0. The van der Waals surface area contributed by atoms with E-state index in [1.165, 1.54) is 4.88 Å². The van der Waals surface area contributed by atoms with Crippen LogP contribution in [0.4, 0.5) is 0 Å². The largest absolute Gasteiger partial charge is 0.494 e. The van der Waals surface area contributed by atoms with Crippen molar-refractivity contribution in [1.82, 2.24) is 5.32 Å². The molecule has 4 heteroatoms. The monoisotopic (exact) mass is 297 g/mol. The molecule has 2 nitrogen and oxygen atoms in total. The van der Waals surface area contributed by atoms with Crippen molar-refractivity contribution in [2.45, 2.75) is 19.4 Å². The third-order valence-corrected chi connectivity index (χ3v) is 3.52. The fourth-order valence-corrected chi connectivity index (χ4v) is 2.36. The van der Waals surface area contributed by atoms with E-state index in [1.807, 2.05) is 30.3 Å². The summed E-state index contributed by atoms with van der Waals surface area (Å²) in [6, 6.07) is 14.2. The summed E-state index contributed by atoms with van der Waals surface area (Å²) >= 11 is 1.80. The maximum atomic E-state index is 5.63. The van der Waals surface area contributed by atoms with Gasteiger partial charge < -0.3 is 10.1 Å². The number of hydrogen-bond acceptors (Lipinski definition) is 3. The fourth-order valence-electron chi connectivity index (χ4n) is 1.68. The van der Waals surface area contributed by atoms with E-state index in [9.17, 15) is 0 Å². The van der Waals surface area contributed by atoms with Gasteiger partial charge in [-0.1, -0.05) is 24.3 Å². The zero-order valence-electron chi connectivity index (χ0n) is 10.9. The van der Waals surface area contributed by atoms with E-state index in [1.54, 1.807) is 11.3 Å². The number of rotatable bonds is 8. The molecule has 0 aliphatic rings. The molecule has 2 rings (SSSR count). The predicted octanol–water partition coefficient (Wildman–Crippen LogP) is 4.12. The third-order valence-electron chi connectivity index (χ3n) is 2.64. The van der Waals surface area contributed by atoms with Gasteiger partial charge in [0.15, 0.2) is 0 Å². The number of halogens is 1. The van der Waals surface area contributed by atoms with Crippen LogP contribution in [0.2, 0.25) is 0 Å². The summed E-state index contributed by atoms with van der Waals surface area (Å²) in [6.07, 6.45) is 2.24. The maximum absolute atomic E-state index is 5.63. The SMILES string of the molecule is Cl.c1ccc(OCCCCNCc2cccs2)cc1. The normalized spacial score (nSPS) is 9.89. The van der Waals surface area contributed by atoms with Crippen LogP contribution in [0.1, 0.15) is 17.7 Å². The predicted molar refractivity (Wildman–Crippen MR) is 84.4 cm³/mol. The van der Waals surface area contributed by atoms with Crippen LogP contribution in [-0.2, 0) is 6.54 Å². The van der Waals surface area contributed by atoms with Gasteiger partial charge in [-0.15, -0.1) is 23.7 Å². The Kier molecular flexibility index (Phi) is 8.30. The molecule has 1 aromatic heterocycles. The van der Waals surface area contributed by atoms with E-state index in [-0.39, 0.29) is 12.4 Å². The average Bonchev–Trinajstić information content (AvgIpc) is 2.92. The summed E-state index contributed by atoms with van der Waals surface area (Å²) in [6.45, 7) is 2.83. The van der Waals surface area contributed by atoms with Crippen LogP contribution in [0.3, 0.4) is 0 Å². The zero-order chi connectivity index (χ0) is 12.5. The lowest BCUT2D eigenvalue weighted by atomic mass is 10.3. The molecule has 1 aromatic carbocycles. The van der Waals surface area contributed by atoms with Crippen molar-refractivity contribution in [2.75, 3.05) is 13.2 Å². The number of unbranched alkanes of at least 4 members (excludes halogenated alkanes) is 1. The number of hydrogen-bond donors (Lipinski definition) is 1. The molecule has 0 saturated carbocycles. The zero-order valence-corrected chi connectivity index (χ0v) is 12.5. The molecule has 0 bridgehead atoms. The molecule has 0 aliphatic heterocycles. The Morgan fingerprint density at radius 1 is 1.00 bits per heavy atom. The number of thiophene rings is 1. The second kappa shape index (κ2) is 9.84. The highest BCUT2D eigenvalue weighted by atomic mass is 35.5. The van der Waals surface area contributed by atoms with Crippen molar-refractivity contribution in [3.8, 4) is 5.75 Å². The Labute approximate surface area is 125 Å². The molecule has 2 aromatic rings. The van der Waals surface area contributed by atoms with Gasteiger partial charge in [-0.05, 0) is 43.0 Å². The summed E-state index contributed by atoms with van der Waals surface area (Å²) in [5, 5.41) is 5.56. The molecular formula is C15H20ClNOS. The Bertz CT molecular complexity index is 419. The molecule has 0 atom stereocenters. The first-order valence-electron chi connectivity index (χ1n) is 6.36. The second-order valence-corrected chi connectivity index (χ2v) is 5.16. The molecule has 0 fully saturated rings. The van der Waals surface area contributed by atoms with Crippen molar-refractivity contribution in [1.29, 1.82) is 0 Å². The lowest BCUT2D eigenvalue weighted by Gasteiger charge is -2.06. The van der Waals surface area contributed by atoms with Crippen molar-refractivity contribution >= 4 is 23.7 Å². The molecule has 1 heterocycles. The third kappa shape index (κ3) is 6.62. The van der Waals surface area contributed by atoms with E-state index < -0.39 is 0 Å². The summed E-state index contributed by atoms with van der Waals surface area (Å²) in [5.74, 6) is 0.962. The fraction of sp³-hybridized carbons (Fsp3) is 0.333. The van der Waals surface area contributed by atoms with Crippen molar-refractivity contribution in [2.24, 2.45) is 0 Å². The molecule has 0 spiro atoms. The summed E-state index contributed by atoms with van der Waals surface area (Å²) in [5.41, 5.74) is 0. The smallest absolute Gasteiger partial charge is 0.119 e. The van der Waals surface area contributed by atoms with Gasteiger partial charge in [0.2, 0.25) is 0 Å². The molecular weight excluding hydrogens is 278 g/mol. The molecule has 104 valence electrons. The molecule has 0 amide bonds. The highest BCUT2D eigenvalue weighted by Crippen LogP contribution is 2.09. The summed E-state index contributed by atoms with van der Waals surface area (Å²) in [7, 11) is 0. The summed E-state index contributed by atoms with van der Waals surface area (Å²) in [4.78, 5) is 1.40. The van der Waals surface area contributed by atoms with Crippen LogP contribution in [0.25, 0.3) is 0 Å². The van der Waals surface area contributed by atoms with Crippen molar-refractivity contribution < 1.29 is 4.74 Å². The standard InChI is InChI=1S/C15H19NOS.ClH/c1-2-7-14(8-3-1)17-11-5-4-10-16-13-15-9-6-12-18-15;/h1-3,6-9,12,16H,4-5,10-11,13H2;1H. The Morgan fingerprint density at radius 2 is 1.84 bits per heavy atom. The van der Waals surface area contributed by atoms with E-state index >= 15 is 0 Å². The first-order chi connectivity index (χ1) is 8.95. The first-order valence-corrected chi connectivity index (χ1v) is 7.24. The van der Waals surface area contributed by atoms with E-state index in [2.05, 4.69) is 22.8 Å². The van der Waals surface area contributed by atoms with Gasteiger partial charge in [0.05, 0.1) is 6.61 Å². The van der Waals surface area contributed by atoms with Crippen molar-refractivity contribution in [3.63, 3.8) is 0 Å². The number of benzene rings is 1. The Morgan fingerprint density at radius 3 is 2.58 bits per heavy atom. The lowest BCUT2D eigenvalue weighted by molar-refractivity contribution is 0.306. The van der Waals surface area contributed by atoms with Gasteiger partial charge in [0, 0.05) is 11.4 Å². The minimum Gasteiger partial charge on any atom is -0.494 e. The van der Waals surface area contributed by atoms with Gasteiger partial charge in [0.1, 0.15) is 5.75 Å². The van der Waals surface area contributed by atoms with Crippen LogP contribution in [0, 0.1) is 0 Å². The topological polar surface area (TPSA) is 21.3 Å². The summed E-state index contributed by atoms with van der Waals surface area (Å²) < 4.78 is 5.63. The van der Waals surface area contributed by atoms with Crippen LogP contribution in [0.5, 0.6) is 5.75 Å².